The maximum Gasteiger partial charge on any atom is 0.188 e. The van der Waals surface area contributed by atoms with Crippen LogP contribution >= 0.6 is 11.8 Å². The fourth-order valence-corrected chi connectivity index (χ4v) is 2.91. The zero-order valence-corrected chi connectivity index (χ0v) is 13.3. The van der Waals surface area contributed by atoms with E-state index in [1.165, 1.54) is 23.9 Å². The minimum atomic E-state index is -0.392. The molecule has 0 aliphatic carbocycles. The van der Waals surface area contributed by atoms with Crippen LogP contribution in [0.5, 0.6) is 0 Å². The van der Waals surface area contributed by atoms with Crippen LogP contribution in [0.1, 0.15) is 42.6 Å². The van der Waals surface area contributed by atoms with E-state index >= 15 is 0 Å². The number of thioether (sulfide) groups is 1. The van der Waals surface area contributed by atoms with Crippen molar-refractivity contribution in [2.24, 2.45) is 5.10 Å². The van der Waals surface area contributed by atoms with Gasteiger partial charge in [-0.3, -0.25) is 9.80 Å². The molecule has 0 radical (unpaired) electrons. The molecule has 0 saturated heterocycles. The smallest absolute Gasteiger partial charge is 0.188 e. The number of carbonyl (C=O) groups is 1. The molecule has 0 atom stereocenters. The van der Waals surface area contributed by atoms with Crippen LogP contribution in [0.15, 0.2) is 34.4 Å². The van der Waals surface area contributed by atoms with Gasteiger partial charge < -0.3 is 0 Å². The second-order valence-electron chi connectivity index (χ2n) is 5.00. The van der Waals surface area contributed by atoms with Crippen molar-refractivity contribution in [3.8, 4) is 0 Å². The van der Waals surface area contributed by atoms with Crippen molar-refractivity contribution in [3.63, 3.8) is 0 Å². The lowest BCUT2D eigenvalue weighted by atomic mass is 10.0. The molecule has 112 valence electrons. The maximum absolute atomic E-state index is 13.3. The highest BCUT2D eigenvalue weighted by Gasteiger charge is 2.20. The number of aryl methyl sites for hydroxylation is 1. The number of ketones is 1. The largest absolute Gasteiger partial charge is 0.289 e. The van der Waals surface area contributed by atoms with E-state index in [0.29, 0.717) is 5.56 Å². The maximum atomic E-state index is 13.3. The molecule has 21 heavy (non-hydrogen) atoms. The molecule has 1 aromatic rings. The molecule has 1 aliphatic heterocycles. The van der Waals surface area contributed by atoms with Crippen molar-refractivity contribution in [1.29, 1.82) is 0 Å². The number of halogens is 1. The highest BCUT2D eigenvalue weighted by atomic mass is 32.2. The normalized spacial score (nSPS) is 16.5. The van der Waals surface area contributed by atoms with Gasteiger partial charge in [0.1, 0.15) is 10.8 Å². The zero-order chi connectivity index (χ0) is 15.4. The van der Waals surface area contributed by atoms with Crippen LogP contribution in [-0.4, -0.2) is 22.4 Å². The van der Waals surface area contributed by atoms with Crippen LogP contribution in [0, 0.1) is 12.7 Å². The minimum Gasteiger partial charge on any atom is -0.289 e. The van der Waals surface area contributed by atoms with Crippen molar-refractivity contribution < 1.29 is 9.18 Å². The van der Waals surface area contributed by atoms with Gasteiger partial charge in [-0.2, -0.15) is 5.10 Å². The summed E-state index contributed by atoms with van der Waals surface area (Å²) in [5.41, 5.74) is 1.18. The first-order valence-electron chi connectivity index (χ1n) is 7.04. The first-order valence-corrected chi connectivity index (χ1v) is 7.85. The average Bonchev–Trinajstić information content (AvgIpc) is 2.79. The first kappa shape index (κ1) is 15.8. The quantitative estimate of drug-likeness (QED) is 0.599. The number of hydrogen-bond acceptors (Lipinski definition) is 4. The van der Waals surface area contributed by atoms with E-state index in [2.05, 4.69) is 12.0 Å². The third-order valence-electron chi connectivity index (χ3n) is 3.21. The van der Waals surface area contributed by atoms with Crippen molar-refractivity contribution in [2.45, 2.75) is 33.6 Å². The summed E-state index contributed by atoms with van der Waals surface area (Å²) in [5.74, 6) is -0.572. The van der Waals surface area contributed by atoms with E-state index in [9.17, 15) is 9.18 Å². The number of allylic oxidation sites excluding steroid dienone is 1. The molecular formula is C16H19FN2OS. The fraction of sp³-hybridized carbons (Fsp3) is 0.375. The molecule has 3 nitrogen and oxygen atoms in total. The second-order valence-corrected chi connectivity index (χ2v) is 6.22. The number of benzene rings is 1. The van der Waals surface area contributed by atoms with E-state index in [1.54, 1.807) is 12.1 Å². The molecular weight excluding hydrogens is 287 g/mol. The molecule has 0 spiro atoms. The van der Waals surface area contributed by atoms with Gasteiger partial charge in [0.2, 0.25) is 0 Å². The summed E-state index contributed by atoms with van der Waals surface area (Å²) in [6.07, 6.45) is 3.64. The molecule has 1 aliphatic rings. The summed E-state index contributed by atoms with van der Waals surface area (Å²) < 4.78 is 13.3. The van der Waals surface area contributed by atoms with E-state index < -0.39 is 5.82 Å². The Morgan fingerprint density at radius 1 is 1.43 bits per heavy atom. The molecule has 1 heterocycles. The van der Waals surface area contributed by atoms with E-state index in [-0.39, 0.29) is 5.78 Å². The average molecular weight is 306 g/mol. The summed E-state index contributed by atoms with van der Waals surface area (Å²) >= 11 is 1.48. The number of hydrazone groups is 1. The van der Waals surface area contributed by atoms with Crippen molar-refractivity contribution in [1.82, 2.24) is 5.01 Å². The minimum absolute atomic E-state index is 0.180. The molecule has 0 aromatic heterocycles. The van der Waals surface area contributed by atoms with E-state index in [0.717, 1.165) is 35.0 Å². The predicted octanol–water partition coefficient (Wildman–Crippen LogP) is 4.34. The number of nitrogens with zero attached hydrogens (tertiary/aromatic N) is 2. The standard InChI is InChI=1S/C16H19FN2OS/c1-4-5-8-19-16(21-12(3)18-19)10-15(20)14-9-13(17)7-6-11(14)2/h6-7,9-10H,4-5,8H2,1-3H3. The molecule has 0 unspecified atom stereocenters. The number of carbonyl (C=O) groups excluding carboxylic acids is 1. The molecule has 2 rings (SSSR count). The van der Waals surface area contributed by atoms with E-state index in [1.807, 2.05) is 18.9 Å². The molecule has 0 saturated carbocycles. The van der Waals surface area contributed by atoms with Gasteiger partial charge in [0.05, 0.1) is 5.04 Å². The highest BCUT2D eigenvalue weighted by molar-refractivity contribution is 8.17. The van der Waals surface area contributed by atoms with Crippen molar-refractivity contribution in [3.05, 3.63) is 46.2 Å². The van der Waals surface area contributed by atoms with Gasteiger partial charge in [0, 0.05) is 18.2 Å². The Morgan fingerprint density at radius 2 is 2.19 bits per heavy atom. The van der Waals surface area contributed by atoms with E-state index in [4.69, 9.17) is 0 Å². The molecule has 0 amide bonds. The van der Waals surface area contributed by atoms with Gasteiger partial charge in [0.25, 0.3) is 0 Å². The Kier molecular flexibility index (Phi) is 5.17. The summed E-state index contributed by atoms with van der Waals surface area (Å²) in [6, 6.07) is 4.28. The Labute approximate surface area is 128 Å². The zero-order valence-electron chi connectivity index (χ0n) is 12.5. The van der Waals surface area contributed by atoms with Gasteiger partial charge in [-0.05, 0) is 38.0 Å². The van der Waals surface area contributed by atoms with Crippen molar-refractivity contribution in [2.75, 3.05) is 6.54 Å². The summed E-state index contributed by atoms with van der Waals surface area (Å²) in [4.78, 5) is 12.4. The highest BCUT2D eigenvalue weighted by Crippen LogP contribution is 2.30. The fourth-order valence-electron chi connectivity index (χ4n) is 2.07. The van der Waals surface area contributed by atoms with Crippen LogP contribution in [0.3, 0.4) is 0 Å². The SMILES string of the molecule is CCCCN1N=C(C)SC1=CC(=O)c1cc(F)ccc1C. The van der Waals surface area contributed by atoms with Crippen LogP contribution in [0.25, 0.3) is 0 Å². The van der Waals surface area contributed by atoms with Crippen molar-refractivity contribution >= 4 is 22.6 Å². The van der Waals surface area contributed by atoms with Crippen LogP contribution in [-0.2, 0) is 0 Å². The molecule has 5 heteroatoms. The summed E-state index contributed by atoms with van der Waals surface area (Å²) in [7, 11) is 0. The summed E-state index contributed by atoms with van der Waals surface area (Å²) in [6.45, 7) is 6.64. The molecule has 0 bridgehead atoms. The number of unbranched alkanes of at least 4 members (excludes halogenated alkanes) is 1. The predicted molar refractivity (Wildman–Crippen MR) is 85.9 cm³/mol. The van der Waals surface area contributed by atoms with Gasteiger partial charge in [0.15, 0.2) is 5.78 Å². The Bertz CT molecular complexity index is 610. The topological polar surface area (TPSA) is 32.7 Å². The monoisotopic (exact) mass is 306 g/mol. The lowest BCUT2D eigenvalue weighted by Crippen LogP contribution is -2.14. The Balaban J connectivity index is 2.21. The lowest BCUT2D eigenvalue weighted by Gasteiger charge is -2.14. The molecule has 0 N–H and O–H groups in total. The van der Waals surface area contributed by atoms with Crippen LogP contribution in [0.2, 0.25) is 0 Å². The Hall–Kier alpha value is -1.62. The lowest BCUT2D eigenvalue weighted by molar-refractivity contribution is 0.104. The van der Waals surface area contributed by atoms with Gasteiger partial charge >= 0.3 is 0 Å². The van der Waals surface area contributed by atoms with Gasteiger partial charge in [-0.1, -0.05) is 31.2 Å². The number of hydrogen-bond donors (Lipinski definition) is 0. The van der Waals surface area contributed by atoms with Gasteiger partial charge in [-0.15, -0.1) is 0 Å². The third kappa shape index (κ3) is 3.94. The second kappa shape index (κ2) is 6.89. The van der Waals surface area contributed by atoms with Crippen LogP contribution < -0.4 is 0 Å². The third-order valence-corrected chi connectivity index (χ3v) is 4.13. The number of rotatable bonds is 5. The Morgan fingerprint density at radius 3 is 2.90 bits per heavy atom. The van der Waals surface area contributed by atoms with Gasteiger partial charge in [-0.25, -0.2) is 4.39 Å². The first-order chi connectivity index (χ1) is 10.0. The van der Waals surface area contributed by atoms with Crippen LogP contribution in [0.4, 0.5) is 4.39 Å². The summed E-state index contributed by atoms with van der Waals surface area (Å²) in [5, 5.41) is 8.00. The molecule has 0 fully saturated rings. The molecule has 1 aromatic carbocycles.